The minimum atomic E-state index is 0. The van der Waals surface area contributed by atoms with Gasteiger partial charge in [-0.05, 0) is 25.5 Å². The summed E-state index contributed by atoms with van der Waals surface area (Å²) >= 11 is 1.68. The molecular formula is C22H35IN4O2S. The molecule has 2 rings (SSSR count). The average molecular weight is 547 g/mol. The van der Waals surface area contributed by atoms with Crippen LogP contribution in [0.1, 0.15) is 49.5 Å². The van der Waals surface area contributed by atoms with Crippen LogP contribution >= 0.6 is 35.3 Å². The summed E-state index contributed by atoms with van der Waals surface area (Å²) in [6.45, 7) is 13.7. The van der Waals surface area contributed by atoms with Crippen LogP contribution in [0.2, 0.25) is 0 Å². The van der Waals surface area contributed by atoms with E-state index in [9.17, 15) is 0 Å². The molecule has 0 spiro atoms. The van der Waals surface area contributed by atoms with Gasteiger partial charge in [0, 0.05) is 30.0 Å². The molecule has 168 valence electrons. The summed E-state index contributed by atoms with van der Waals surface area (Å²) in [6.07, 6.45) is 0. The first-order valence-corrected chi connectivity index (χ1v) is 10.9. The van der Waals surface area contributed by atoms with Crippen LogP contribution in [-0.2, 0) is 23.2 Å². The van der Waals surface area contributed by atoms with Crippen molar-refractivity contribution in [3.63, 3.8) is 0 Å². The zero-order valence-electron chi connectivity index (χ0n) is 18.9. The first-order valence-electron chi connectivity index (χ1n) is 10.0. The molecule has 1 aromatic carbocycles. The second kappa shape index (κ2) is 13.1. The van der Waals surface area contributed by atoms with Gasteiger partial charge in [-0.25, -0.2) is 9.98 Å². The second-order valence-corrected chi connectivity index (χ2v) is 8.82. The number of aryl methyl sites for hydroxylation is 1. The minimum absolute atomic E-state index is 0. The molecule has 8 heteroatoms. The maximum Gasteiger partial charge on any atom is 0.191 e. The Kier molecular flexibility index (Phi) is 11.6. The Morgan fingerprint density at radius 2 is 1.97 bits per heavy atom. The highest BCUT2D eigenvalue weighted by Crippen LogP contribution is 2.24. The standard InChI is InChI=1S/C22H34N4O2S.HI/c1-7-23-21(25-14-20-26-19(15-29-20)22(3,4)5)24-13-17-9-8-16(2)12-18(17)28-11-10-27-6;/h8-9,12,15H,7,10-11,13-14H2,1-6H3,(H2,23,24,25);1H. The number of nitrogens with zero attached hydrogens (tertiary/aromatic N) is 2. The first kappa shape index (κ1) is 26.6. The van der Waals surface area contributed by atoms with Crippen LogP contribution in [0, 0.1) is 6.92 Å². The average Bonchev–Trinajstić information content (AvgIpc) is 3.15. The van der Waals surface area contributed by atoms with Gasteiger partial charge in [-0.3, -0.25) is 0 Å². The van der Waals surface area contributed by atoms with Gasteiger partial charge in [-0.2, -0.15) is 0 Å². The molecule has 2 aromatic rings. The fourth-order valence-corrected chi connectivity index (χ4v) is 3.52. The van der Waals surface area contributed by atoms with Crippen LogP contribution in [0.3, 0.4) is 0 Å². The van der Waals surface area contributed by atoms with Crippen molar-refractivity contribution in [2.75, 3.05) is 26.9 Å². The molecule has 0 saturated heterocycles. The molecule has 6 nitrogen and oxygen atoms in total. The van der Waals surface area contributed by atoms with Crippen LogP contribution in [0.15, 0.2) is 28.6 Å². The fraction of sp³-hybridized carbons (Fsp3) is 0.545. The molecule has 0 aliphatic carbocycles. The Morgan fingerprint density at radius 1 is 1.20 bits per heavy atom. The van der Waals surface area contributed by atoms with Gasteiger partial charge >= 0.3 is 0 Å². The van der Waals surface area contributed by atoms with Crippen LogP contribution in [-0.4, -0.2) is 37.8 Å². The summed E-state index contributed by atoms with van der Waals surface area (Å²) in [5.41, 5.74) is 3.40. The van der Waals surface area contributed by atoms with E-state index in [2.05, 4.69) is 62.8 Å². The van der Waals surface area contributed by atoms with Crippen molar-refractivity contribution in [1.29, 1.82) is 0 Å². The molecule has 0 saturated carbocycles. The molecule has 2 N–H and O–H groups in total. The quantitative estimate of drug-likeness (QED) is 0.208. The van der Waals surface area contributed by atoms with Gasteiger partial charge in [-0.1, -0.05) is 32.9 Å². The van der Waals surface area contributed by atoms with Gasteiger partial charge in [0.2, 0.25) is 0 Å². The number of guanidine groups is 1. The van der Waals surface area contributed by atoms with Gasteiger partial charge in [0.25, 0.3) is 0 Å². The van der Waals surface area contributed by atoms with Crippen LogP contribution < -0.4 is 15.4 Å². The monoisotopic (exact) mass is 546 g/mol. The summed E-state index contributed by atoms with van der Waals surface area (Å²) in [4.78, 5) is 9.47. The number of ether oxygens (including phenoxy) is 2. The lowest BCUT2D eigenvalue weighted by Gasteiger charge is -2.14. The Labute approximate surface area is 201 Å². The lowest BCUT2D eigenvalue weighted by Crippen LogP contribution is -2.36. The molecule has 0 radical (unpaired) electrons. The number of aliphatic imine (C=N–C) groups is 1. The Bertz CT molecular complexity index is 803. The predicted molar refractivity (Wildman–Crippen MR) is 136 cm³/mol. The fourth-order valence-electron chi connectivity index (χ4n) is 2.56. The van der Waals surface area contributed by atoms with E-state index in [1.165, 1.54) is 0 Å². The molecule has 0 aliphatic rings. The van der Waals surface area contributed by atoms with Crippen molar-refractivity contribution in [2.24, 2.45) is 4.99 Å². The number of rotatable bonds is 9. The lowest BCUT2D eigenvalue weighted by atomic mass is 9.93. The van der Waals surface area contributed by atoms with Gasteiger partial charge < -0.3 is 20.1 Å². The number of benzene rings is 1. The van der Waals surface area contributed by atoms with Crippen molar-refractivity contribution in [2.45, 2.75) is 53.1 Å². The van der Waals surface area contributed by atoms with Gasteiger partial charge in [0.15, 0.2) is 5.96 Å². The van der Waals surface area contributed by atoms with E-state index in [0.29, 0.717) is 26.3 Å². The molecule has 0 bridgehead atoms. The number of nitrogens with one attached hydrogen (secondary N) is 2. The third-order valence-corrected chi connectivity index (χ3v) is 5.10. The Hall–Kier alpha value is -1.39. The number of halogens is 1. The Morgan fingerprint density at radius 3 is 2.60 bits per heavy atom. The maximum atomic E-state index is 5.87. The summed E-state index contributed by atoms with van der Waals surface area (Å²) in [5.74, 6) is 1.62. The summed E-state index contributed by atoms with van der Waals surface area (Å²) < 4.78 is 11.0. The van der Waals surface area contributed by atoms with Crippen molar-refractivity contribution in [3.8, 4) is 5.75 Å². The summed E-state index contributed by atoms with van der Waals surface area (Å²) in [7, 11) is 1.67. The number of hydrogen-bond donors (Lipinski definition) is 2. The smallest absolute Gasteiger partial charge is 0.191 e. The zero-order valence-corrected chi connectivity index (χ0v) is 22.0. The van der Waals surface area contributed by atoms with E-state index in [4.69, 9.17) is 19.5 Å². The Balaban J connectivity index is 0.00000450. The van der Waals surface area contributed by atoms with E-state index in [1.807, 2.05) is 6.07 Å². The van der Waals surface area contributed by atoms with E-state index in [1.54, 1.807) is 18.4 Å². The highest BCUT2D eigenvalue weighted by atomic mass is 127. The van der Waals surface area contributed by atoms with Gasteiger partial charge in [-0.15, -0.1) is 35.3 Å². The van der Waals surface area contributed by atoms with Crippen LogP contribution in [0.5, 0.6) is 5.75 Å². The van der Waals surface area contributed by atoms with E-state index < -0.39 is 0 Å². The van der Waals surface area contributed by atoms with Crippen molar-refractivity contribution in [3.05, 3.63) is 45.4 Å². The lowest BCUT2D eigenvalue weighted by molar-refractivity contribution is 0.145. The number of hydrogen-bond acceptors (Lipinski definition) is 5. The minimum Gasteiger partial charge on any atom is -0.491 e. The third kappa shape index (κ3) is 8.77. The van der Waals surface area contributed by atoms with Gasteiger partial charge in [0.05, 0.1) is 25.4 Å². The maximum absolute atomic E-state index is 5.87. The van der Waals surface area contributed by atoms with E-state index in [0.717, 1.165) is 40.1 Å². The van der Waals surface area contributed by atoms with Crippen LogP contribution in [0.4, 0.5) is 0 Å². The second-order valence-electron chi connectivity index (χ2n) is 7.88. The largest absolute Gasteiger partial charge is 0.491 e. The van der Waals surface area contributed by atoms with Crippen LogP contribution in [0.25, 0.3) is 0 Å². The normalized spacial score (nSPS) is 11.7. The summed E-state index contributed by atoms with van der Waals surface area (Å²) in [6, 6.07) is 6.20. The van der Waals surface area contributed by atoms with E-state index >= 15 is 0 Å². The molecule has 0 atom stereocenters. The third-order valence-electron chi connectivity index (χ3n) is 4.25. The molecule has 0 fully saturated rings. The number of methoxy groups -OCH3 is 1. The molecule has 0 unspecified atom stereocenters. The predicted octanol–water partition coefficient (Wildman–Crippen LogP) is 4.65. The highest BCUT2D eigenvalue weighted by molar-refractivity contribution is 14.0. The topological polar surface area (TPSA) is 67.8 Å². The molecule has 0 aliphatic heterocycles. The molecule has 30 heavy (non-hydrogen) atoms. The molecular weight excluding hydrogens is 511 g/mol. The van der Waals surface area contributed by atoms with Crippen molar-refractivity contribution < 1.29 is 9.47 Å². The number of thiazole rings is 1. The zero-order chi connectivity index (χ0) is 21.3. The number of aromatic nitrogens is 1. The first-order chi connectivity index (χ1) is 13.8. The molecule has 1 aromatic heterocycles. The van der Waals surface area contributed by atoms with Gasteiger partial charge in [0.1, 0.15) is 17.4 Å². The molecule has 0 amide bonds. The van der Waals surface area contributed by atoms with E-state index in [-0.39, 0.29) is 29.4 Å². The van der Waals surface area contributed by atoms with Crippen molar-refractivity contribution >= 4 is 41.3 Å². The van der Waals surface area contributed by atoms with Crippen molar-refractivity contribution in [1.82, 2.24) is 15.6 Å². The SMILES string of the molecule is CCNC(=NCc1ccc(C)cc1OCCOC)NCc1nc(C(C)(C)C)cs1.I. The highest BCUT2D eigenvalue weighted by Gasteiger charge is 2.17. The summed E-state index contributed by atoms with van der Waals surface area (Å²) in [5, 5.41) is 9.87. The molecule has 1 heterocycles.